The second kappa shape index (κ2) is 6.44. The van der Waals surface area contributed by atoms with Crippen molar-refractivity contribution in [3.8, 4) is 0 Å². The van der Waals surface area contributed by atoms with E-state index in [2.05, 4.69) is 10.6 Å². The highest BCUT2D eigenvalue weighted by Crippen LogP contribution is 2.20. The molecule has 0 bridgehead atoms. The lowest BCUT2D eigenvalue weighted by atomic mass is 10.2. The van der Waals surface area contributed by atoms with E-state index in [1.54, 1.807) is 6.07 Å². The minimum atomic E-state index is -3.29. The van der Waals surface area contributed by atoms with Crippen LogP contribution in [0.25, 0.3) is 0 Å². The number of rotatable bonds is 4. The maximum absolute atomic E-state index is 11.9. The van der Waals surface area contributed by atoms with Crippen molar-refractivity contribution in [1.82, 2.24) is 5.32 Å². The largest absolute Gasteiger partial charge is 0.376 e. The Hall–Kier alpha value is -1.60. The molecule has 1 heterocycles. The number of anilines is 1. The number of hydrogen-bond acceptors (Lipinski definition) is 4. The number of urea groups is 1. The topological polar surface area (TPSA) is 84.5 Å². The Labute approximate surface area is 124 Å². The molecule has 1 aliphatic rings. The van der Waals surface area contributed by atoms with E-state index < -0.39 is 9.84 Å². The first-order valence-electron chi connectivity index (χ1n) is 6.83. The van der Waals surface area contributed by atoms with Crippen LogP contribution in [-0.4, -0.2) is 40.0 Å². The predicted molar refractivity (Wildman–Crippen MR) is 80.3 cm³/mol. The third-order valence-electron chi connectivity index (χ3n) is 3.40. The van der Waals surface area contributed by atoms with Crippen LogP contribution >= 0.6 is 0 Å². The lowest BCUT2D eigenvalue weighted by molar-refractivity contribution is 0.112. The predicted octanol–water partition coefficient (Wildman–Crippen LogP) is 1.70. The normalized spacial score (nSPS) is 18.5. The fourth-order valence-corrected chi connectivity index (χ4v) is 2.79. The van der Waals surface area contributed by atoms with Gasteiger partial charge in [-0.1, -0.05) is 6.07 Å². The van der Waals surface area contributed by atoms with Crippen molar-refractivity contribution in [3.63, 3.8) is 0 Å². The van der Waals surface area contributed by atoms with Crippen LogP contribution in [0.5, 0.6) is 0 Å². The molecule has 0 unspecified atom stereocenters. The standard InChI is InChI=1S/C14H20N2O4S/c1-10-5-6-12(21(2,18)19)8-13(10)16-14(17)15-9-11-4-3-7-20-11/h5-6,8,11H,3-4,7,9H2,1-2H3,(H2,15,16,17)/t11-/m1/s1. The SMILES string of the molecule is Cc1ccc(S(C)(=O)=O)cc1NC(=O)NC[C@H]1CCCO1. The molecule has 2 N–H and O–H groups in total. The number of hydrogen-bond donors (Lipinski definition) is 2. The fourth-order valence-electron chi connectivity index (χ4n) is 2.14. The lowest BCUT2D eigenvalue weighted by Gasteiger charge is -2.13. The summed E-state index contributed by atoms with van der Waals surface area (Å²) in [6.07, 6.45) is 3.17. The van der Waals surface area contributed by atoms with Crippen LogP contribution in [0, 0.1) is 6.92 Å². The van der Waals surface area contributed by atoms with Crippen LogP contribution in [0.1, 0.15) is 18.4 Å². The van der Waals surface area contributed by atoms with Crippen LogP contribution in [0.2, 0.25) is 0 Å². The van der Waals surface area contributed by atoms with Crippen LogP contribution in [0.3, 0.4) is 0 Å². The maximum atomic E-state index is 11.9. The molecule has 0 aliphatic carbocycles. The van der Waals surface area contributed by atoms with Gasteiger partial charge in [0.2, 0.25) is 0 Å². The first kappa shape index (κ1) is 15.8. The van der Waals surface area contributed by atoms with Crippen molar-refractivity contribution in [2.75, 3.05) is 24.7 Å². The van der Waals surface area contributed by atoms with Crippen LogP contribution in [0.15, 0.2) is 23.1 Å². The molecule has 0 spiro atoms. The summed E-state index contributed by atoms with van der Waals surface area (Å²) in [5, 5.41) is 5.41. The van der Waals surface area contributed by atoms with Gasteiger partial charge in [0.15, 0.2) is 9.84 Å². The summed E-state index contributed by atoms with van der Waals surface area (Å²) in [6, 6.07) is 4.31. The average molecular weight is 312 g/mol. The molecule has 116 valence electrons. The van der Waals surface area contributed by atoms with Crippen molar-refractivity contribution < 1.29 is 17.9 Å². The molecular weight excluding hydrogens is 292 g/mol. The fraction of sp³-hybridized carbons (Fsp3) is 0.500. The van der Waals surface area contributed by atoms with E-state index >= 15 is 0 Å². The summed E-state index contributed by atoms with van der Waals surface area (Å²) >= 11 is 0. The summed E-state index contributed by atoms with van der Waals surface area (Å²) < 4.78 is 28.5. The molecule has 6 nitrogen and oxygen atoms in total. The average Bonchev–Trinajstić information content (AvgIpc) is 2.91. The quantitative estimate of drug-likeness (QED) is 0.886. The van der Waals surface area contributed by atoms with Gasteiger partial charge in [-0.3, -0.25) is 0 Å². The first-order valence-corrected chi connectivity index (χ1v) is 8.72. The van der Waals surface area contributed by atoms with Gasteiger partial charge < -0.3 is 15.4 Å². The Bertz CT molecular complexity index is 622. The Morgan fingerprint density at radius 1 is 1.43 bits per heavy atom. The third-order valence-corrected chi connectivity index (χ3v) is 4.51. The Morgan fingerprint density at radius 2 is 2.19 bits per heavy atom. The molecule has 1 aliphatic heterocycles. The van der Waals surface area contributed by atoms with Gasteiger partial charge in [0.05, 0.1) is 11.0 Å². The Kier molecular flexibility index (Phi) is 4.84. The van der Waals surface area contributed by atoms with Gasteiger partial charge in [-0.15, -0.1) is 0 Å². The second-order valence-electron chi connectivity index (χ2n) is 5.22. The molecule has 1 saturated heterocycles. The number of aryl methyl sites for hydroxylation is 1. The van der Waals surface area contributed by atoms with Gasteiger partial charge >= 0.3 is 6.03 Å². The number of carbonyl (C=O) groups excluding carboxylic acids is 1. The summed E-state index contributed by atoms with van der Waals surface area (Å²) in [7, 11) is -3.29. The Morgan fingerprint density at radius 3 is 2.81 bits per heavy atom. The molecule has 2 rings (SSSR count). The van der Waals surface area contributed by atoms with Crippen molar-refractivity contribution >= 4 is 21.6 Å². The maximum Gasteiger partial charge on any atom is 0.319 e. The molecule has 0 aromatic heterocycles. The molecule has 0 radical (unpaired) electrons. The van der Waals surface area contributed by atoms with Crippen LogP contribution in [-0.2, 0) is 14.6 Å². The zero-order chi connectivity index (χ0) is 15.5. The molecule has 2 amide bonds. The van der Waals surface area contributed by atoms with Crippen molar-refractivity contribution in [3.05, 3.63) is 23.8 Å². The number of nitrogens with one attached hydrogen (secondary N) is 2. The van der Waals surface area contributed by atoms with Gasteiger partial charge in [-0.2, -0.15) is 0 Å². The number of ether oxygens (including phenoxy) is 1. The first-order chi connectivity index (χ1) is 9.86. The van der Waals surface area contributed by atoms with E-state index in [0.717, 1.165) is 31.3 Å². The summed E-state index contributed by atoms with van der Waals surface area (Å²) in [5.41, 5.74) is 1.29. The lowest BCUT2D eigenvalue weighted by Crippen LogP contribution is -2.35. The minimum absolute atomic E-state index is 0.0687. The van der Waals surface area contributed by atoms with E-state index in [1.165, 1.54) is 12.1 Å². The minimum Gasteiger partial charge on any atom is -0.376 e. The number of benzene rings is 1. The van der Waals surface area contributed by atoms with E-state index in [9.17, 15) is 13.2 Å². The smallest absolute Gasteiger partial charge is 0.319 e. The zero-order valence-electron chi connectivity index (χ0n) is 12.2. The number of carbonyl (C=O) groups is 1. The van der Waals surface area contributed by atoms with E-state index in [1.807, 2.05) is 6.92 Å². The van der Waals surface area contributed by atoms with Gasteiger partial charge in [-0.05, 0) is 37.5 Å². The van der Waals surface area contributed by atoms with E-state index in [-0.39, 0.29) is 17.0 Å². The monoisotopic (exact) mass is 312 g/mol. The summed E-state index contributed by atoms with van der Waals surface area (Å²) in [5.74, 6) is 0. The third kappa shape index (κ3) is 4.44. The Balaban J connectivity index is 1.99. The van der Waals surface area contributed by atoms with Crippen molar-refractivity contribution in [2.45, 2.75) is 30.8 Å². The highest BCUT2D eigenvalue weighted by atomic mass is 32.2. The molecule has 0 saturated carbocycles. The number of amides is 2. The molecule has 1 atom stereocenters. The van der Waals surface area contributed by atoms with Gasteiger partial charge in [0, 0.05) is 25.1 Å². The molecule has 1 aromatic rings. The van der Waals surface area contributed by atoms with Gasteiger partial charge in [-0.25, -0.2) is 13.2 Å². The van der Waals surface area contributed by atoms with Crippen molar-refractivity contribution in [2.24, 2.45) is 0 Å². The van der Waals surface area contributed by atoms with E-state index in [0.29, 0.717) is 12.2 Å². The summed E-state index contributed by atoms with van der Waals surface area (Å²) in [6.45, 7) is 3.00. The van der Waals surface area contributed by atoms with Gasteiger partial charge in [0.25, 0.3) is 0 Å². The number of sulfone groups is 1. The zero-order valence-corrected chi connectivity index (χ0v) is 13.0. The molecule has 1 aromatic carbocycles. The second-order valence-corrected chi connectivity index (χ2v) is 7.23. The summed E-state index contributed by atoms with van der Waals surface area (Å²) in [4.78, 5) is 12.0. The molecule has 21 heavy (non-hydrogen) atoms. The van der Waals surface area contributed by atoms with Gasteiger partial charge in [0.1, 0.15) is 0 Å². The highest BCUT2D eigenvalue weighted by molar-refractivity contribution is 7.90. The van der Waals surface area contributed by atoms with E-state index in [4.69, 9.17) is 4.74 Å². The molecular formula is C14H20N2O4S. The van der Waals surface area contributed by atoms with Crippen LogP contribution in [0.4, 0.5) is 10.5 Å². The molecule has 1 fully saturated rings. The van der Waals surface area contributed by atoms with Crippen molar-refractivity contribution in [1.29, 1.82) is 0 Å². The molecule has 7 heteroatoms. The van der Waals surface area contributed by atoms with Crippen LogP contribution < -0.4 is 10.6 Å². The highest BCUT2D eigenvalue weighted by Gasteiger charge is 2.16.